The molecule has 0 aliphatic rings. The summed E-state index contributed by atoms with van der Waals surface area (Å²) < 4.78 is 0. The van der Waals surface area contributed by atoms with Gasteiger partial charge in [-0.2, -0.15) is 0 Å². The maximum Gasteiger partial charge on any atom is 0.0542 e. The highest BCUT2D eigenvalue weighted by Crippen LogP contribution is 2.12. The van der Waals surface area contributed by atoms with E-state index in [1.807, 2.05) is 0 Å². The fraction of sp³-hybridized carbons (Fsp3) is 0.200. The molecule has 0 aromatic heterocycles. The van der Waals surface area contributed by atoms with Crippen molar-refractivity contribution in [2.75, 3.05) is 0 Å². The van der Waals surface area contributed by atoms with Crippen molar-refractivity contribution in [3.63, 3.8) is 0 Å². The molecule has 0 aromatic rings. The number of hydrogen-bond acceptors (Lipinski definition) is 0. The lowest BCUT2D eigenvalue weighted by Gasteiger charge is -1.84. The molecule has 0 amide bonds. The Morgan fingerprint density at radius 2 is 2.00 bits per heavy atom. The first-order valence-corrected chi connectivity index (χ1v) is 2.58. The van der Waals surface area contributed by atoms with Crippen LogP contribution in [0.25, 0.3) is 0 Å². The van der Waals surface area contributed by atoms with Crippen molar-refractivity contribution in [1.82, 2.24) is 0 Å². The molecule has 0 nitrogen and oxygen atoms in total. The number of rotatable bonds is 1. The standard InChI is InChI=1S/C5H6Cl2/c1-3-5(7)4(2)6/h3H,1H2,2H3/b5-4+. The fourth-order valence-corrected chi connectivity index (χ4v) is 0.218. The molecule has 0 saturated heterocycles. The molecule has 0 aliphatic carbocycles. The van der Waals surface area contributed by atoms with E-state index in [0.717, 1.165) is 0 Å². The summed E-state index contributed by atoms with van der Waals surface area (Å²) in [4.78, 5) is 0. The van der Waals surface area contributed by atoms with Crippen molar-refractivity contribution < 1.29 is 0 Å². The van der Waals surface area contributed by atoms with E-state index in [1.54, 1.807) is 6.92 Å². The Hall–Kier alpha value is 0.0600. The van der Waals surface area contributed by atoms with E-state index in [9.17, 15) is 0 Å². The molecule has 0 radical (unpaired) electrons. The lowest BCUT2D eigenvalue weighted by atomic mass is 10.5. The second-order valence-electron chi connectivity index (χ2n) is 1.09. The molecular weight excluding hydrogens is 131 g/mol. The average Bonchev–Trinajstić information content (AvgIpc) is 1.65. The molecule has 0 heterocycles. The van der Waals surface area contributed by atoms with E-state index in [2.05, 4.69) is 6.58 Å². The number of halogens is 2. The molecule has 0 bridgehead atoms. The van der Waals surface area contributed by atoms with Gasteiger partial charge in [0.15, 0.2) is 0 Å². The van der Waals surface area contributed by atoms with E-state index in [0.29, 0.717) is 10.1 Å². The maximum atomic E-state index is 5.43. The third-order valence-corrected chi connectivity index (χ3v) is 1.25. The second kappa shape index (κ2) is 3.11. The Morgan fingerprint density at radius 1 is 1.57 bits per heavy atom. The van der Waals surface area contributed by atoms with Crippen molar-refractivity contribution in [3.8, 4) is 0 Å². The van der Waals surface area contributed by atoms with Gasteiger partial charge in [-0.25, -0.2) is 0 Å². The van der Waals surface area contributed by atoms with Gasteiger partial charge in [0.2, 0.25) is 0 Å². The van der Waals surface area contributed by atoms with Gasteiger partial charge >= 0.3 is 0 Å². The SMILES string of the molecule is C=C/C(Cl)=C(/C)Cl. The van der Waals surface area contributed by atoms with E-state index < -0.39 is 0 Å². The monoisotopic (exact) mass is 136 g/mol. The van der Waals surface area contributed by atoms with Crippen LogP contribution in [0.5, 0.6) is 0 Å². The van der Waals surface area contributed by atoms with Crippen LogP contribution in [0.15, 0.2) is 22.7 Å². The van der Waals surface area contributed by atoms with E-state index >= 15 is 0 Å². The predicted molar refractivity (Wildman–Crippen MR) is 34.6 cm³/mol. The van der Waals surface area contributed by atoms with E-state index in [1.165, 1.54) is 6.08 Å². The zero-order valence-electron chi connectivity index (χ0n) is 4.04. The van der Waals surface area contributed by atoms with Crippen LogP contribution in [0, 0.1) is 0 Å². The van der Waals surface area contributed by atoms with Crippen molar-refractivity contribution in [2.24, 2.45) is 0 Å². The molecule has 40 valence electrons. The second-order valence-corrected chi connectivity index (χ2v) is 2.06. The Bertz CT molecular complexity index is 98.6. The Kier molecular flexibility index (Phi) is 3.14. The highest BCUT2D eigenvalue weighted by atomic mass is 35.5. The van der Waals surface area contributed by atoms with Crippen LogP contribution in [-0.2, 0) is 0 Å². The van der Waals surface area contributed by atoms with E-state index in [-0.39, 0.29) is 0 Å². The van der Waals surface area contributed by atoms with Gasteiger partial charge in [-0.3, -0.25) is 0 Å². The maximum absolute atomic E-state index is 5.43. The molecule has 0 aliphatic heterocycles. The minimum atomic E-state index is 0.515. The van der Waals surface area contributed by atoms with Gasteiger partial charge in [0.1, 0.15) is 0 Å². The van der Waals surface area contributed by atoms with Gasteiger partial charge in [-0.1, -0.05) is 29.8 Å². The summed E-state index contributed by atoms with van der Waals surface area (Å²) in [6.45, 7) is 5.12. The molecule has 0 aromatic carbocycles. The molecule has 0 spiro atoms. The first-order chi connectivity index (χ1) is 3.18. The van der Waals surface area contributed by atoms with Gasteiger partial charge in [-0.05, 0) is 13.0 Å². The third kappa shape index (κ3) is 2.72. The summed E-state index contributed by atoms with van der Waals surface area (Å²) in [6.07, 6.45) is 1.50. The van der Waals surface area contributed by atoms with Crippen LogP contribution in [0.2, 0.25) is 0 Å². The zero-order valence-corrected chi connectivity index (χ0v) is 5.55. The lowest BCUT2D eigenvalue weighted by molar-refractivity contribution is 1.64. The van der Waals surface area contributed by atoms with Crippen LogP contribution >= 0.6 is 23.2 Å². The summed E-state index contributed by atoms with van der Waals surface area (Å²) in [6, 6.07) is 0. The summed E-state index contributed by atoms with van der Waals surface area (Å²) >= 11 is 10.8. The molecule has 2 heteroatoms. The number of allylic oxidation sites excluding steroid dienone is 3. The quantitative estimate of drug-likeness (QED) is 0.487. The van der Waals surface area contributed by atoms with Crippen LogP contribution in [0.3, 0.4) is 0 Å². The lowest BCUT2D eigenvalue weighted by Crippen LogP contribution is -1.61. The van der Waals surface area contributed by atoms with Gasteiger partial charge < -0.3 is 0 Å². The van der Waals surface area contributed by atoms with Crippen LogP contribution in [0.1, 0.15) is 6.92 Å². The number of hydrogen-bond donors (Lipinski definition) is 0. The smallest absolute Gasteiger partial charge is 0.0542 e. The summed E-state index contributed by atoms with van der Waals surface area (Å²) in [7, 11) is 0. The summed E-state index contributed by atoms with van der Waals surface area (Å²) in [5.74, 6) is 0. The average molecular weight is 137 g/mol. The Morgan fingerprint density at radius 3 is 2.00 bits per heavy atom. The highest BCUT2D eigenvalue weighted by molar-refractivity contribution is 6.39. The Labute approximate surface area is 53.4 Å². The molecular formula is C5H6Cl2. The van der Waals surface area contributed by atoms with Crippen LogP contribution in [0.4, 0.5) is 0 Å². The topological polar surface area (TPSA) is 0 Å². The van der Waals surface area contributed by atoms with E-state index in [4.69, 9.17) is 23.2 Å². The van der Waals surface area contributed by atoms with Crippen molar-refractivity contribution in [2.45, 2.75) is 6.92 Å². The summed E-state index contributed by atoms with van der Waals surface area (Å²) in [5, 5.41) is 1.10. The van der Waals surface area contributed by atoms with Crippen LogP contribution in [-0.4, -0.2) is 0 Å². The zero-order chi connectivity index (χ0) is 5.86. The molecule has 0 saturated carbocycles. The van der Waals surface area contributed by atoms with Gasteiger partial charge in [0.25, 0.3) is 0 Å². The minimum Gasteiger partial charge on any atom is -0.0975 e. The van der Waals surface area contributed by atoms with Crippen molar-refractivity contribution in [3.05, 3.63) is 22.7 Å². The fourth-order valence-electron chi connectivity index (χ4n) is 0.141. The predicted octanol–water partition coefficient (Wildman–Crippen LogP) is 2.88. The molecule has 0 fully saturated rings. The molecule has 0 N–H and O–H groups in total. The van der Waals surface area contributed by atoms with Gasteiger partial charge in [-0.15, -0.1) is 0 Å². The minimum absolute atomic E-state index is 0.515. The molecule has 0 rings (SSSR count). The van der Waals surface area contributed by atoms with Crippen molar-refractivity contribution >= 4 is 23.2 Å². The molecule has 0 atom stereocenters. The molecule has 7 heavy (non-hydrogen) atoms. The normalized spacial score (nSPS) is 13.0. The first-order valence-electron chi connectivity index (χ1n) is 1.82. The molecule has 0 unspecified atom stereocenters. The van der Waals surface area contributed by atoms with Crippen LogP contribution < -0.4 is 0 Å². The highest BCUT2D eigenvalue weighted by Gasteiger charge is 1.85. The van der Waals surface area contributed by atoms with Gasteiger partial charge in [0.05, 0.1) is 5.03 Å². The van der Waals surface area contributed by atoms with Crippen molar-refractivity contribution in [1.29, 1.82) is 0 Å². The summed E-state index contributed by atoms with van der Waals surface area (Å²) in [5.41, 5.74) is 0. The third-order valence-electron chi connectivity index (χ3n) is 0.508. The first kappa shape index (κ1) is 7.06. The largest absolute Gasteiger partial charge is 0.0975 e. The Balaban J connectivity index is 3.98. The van der Waals surface area contributed by atoms with Gasteiger partial charge in [0, 0.05) is 5.03 Å².